The maximum atomic E-state index is 11.0. The summed E-state index contributed by atoms with van der Waals surface area (Å²) in [5.74, 6) is -1.52. The van der Waals surface area contributed by atoms with Gasteiger partial charge in [0.15, 0.2) is 0 Å². The van der Waals surface area contributed by atoms with Crippen LogP contribution in [-0.2, 0) is 29.1 Å². The van der Waals surface area contributed by atoms with Crippen LogP contribution in [0.3, 0.4) is 0 Å². The third kappa shape index (κ3) is 8.41. The Kier molecular flexibility index (Phi) is 7.16. The molecule has 0 saturated heterocycles. The van der Waals surface area contributed by atoms with Crippen molar-refractivity contribution < 1.29 is 29.1 Å². The van der Waals surface area contributed by atoms with Crippen LogP contribution in [0.1, 0.15) is 33.6 Å². The van der Waals surface area contributed by atoms with Crippen molar-refractivity contribution in [2.24, 2.45) is 0 Å². The molecule has 0 aliphatic heterocycles. The summed E-state index contributed by atoms with van der Waals surface area (Å²) in [6.07, 6.45) is 3.46. The molecule has 6 nitrogen and oxygen atoms in total. The lowest BCUT2D eigenvalue weighted by Gasteiger charge is -2.20. The van der Waals surface area contributed by atoms with Gasteiger partial charge in [0.05, 0.1) is 7.11 Å². The molecule has 0 N–H and O–H groups in total. The Labute approximate surface area is 100 Å². The fourth-order valence-electron chi connectivity index (χ4n) is 1.02. The summed E-state index contributed by atoms with van der Waals surface area (Å²) in [6.45, 7) is 5.60. The normalized spacial score (nSPS) is 11.5. The van der Waals surface area contributed by atoms with Crippen LogP contribution in [0.4, 0.5) is 0 Å². The van der Waals surface area contributed by atoms with Gasteiger partial charge in [-0.25, -0.2) is 9.59 Å². The van der Waals surface area contributed by atoms with Crippen molar-refractivity contribution in [3.8, 4) is 0 Å². The van der Waals surface area contributed by atoms with Crippen LogP contribution in [-0.4, -0.2) is 24.6 Å². The quantitative estimate of drug-likeness (QED) is 0.295. The highest BCUT2D eigenvalue weighted by molar-refractivity contribution is 5.91. The zero-order valence-corrected chi connectivity index (χ0v) is 10.5. The summed E-state index contributed by atoms with van der Waals surface area (Å²) in [5, 5.41) is 4.33. The fourth-order valence-corrected chi connectivity index (χ4v) is 1.02. The van der Waals surface area contributed by atoms with Crippen molar-refractivity contribution in [3.63, 3.8) is 0 Å². The van der Waals surface area contributed by atoms with E-state index >= 15 is 0 Å². The van der Waals surface area contributed by atoms with Gasteiger partial charge in [-0.15, -0.1) is 0 Å². The van der Waals surface area contributed by atoms with Crippen LogP contribution in [0.5, 0.6) is 0 Å². The van der Waals surface area contributed by atoms with E-state index in [1.807, 2.05) is 6.92 Å². The predicted molar refractivity (Wildman–Crippen MR) is 58.4 cm³/mol. The Morgan fingerprint density at radius 1 is 1.18 bits per heavy atom. The van der Waals surface area contributed by atoms with Gasteiger partial charge in [-0.1, -0.05) is 13.3 Å². The Hall–Kier alpha value is -1.40. The molecule has 0 atom stereocenters. The molecule has 6 heteroatoms. The van der Waals surface area contributed by atoms with E-state index in [9.17, 15) is 9.59 Å². The van der Waals surface area contributed by atoms with Gasteiger partial charge >= 0.3 is 11.9 Å². The number of carbonyl (C=O) groups excluding carboxylic acids is 2. The SMILES string of the molecule is CCCC(C)(C)OOOC(=O)C=CC(=O)OC. The Morgan fingerprint density at radius 2 is 1.76 bits per heavy atom. The lowest BCUT2D eigenvalue weighted by Crippen LogP contribution is -2.24. The zero-order chi connectivity index (χ0) is 13.3. The minimum atomic E-state index is -0.859. The summed E-state index contributed by atoms with van der Waals surface area (Å²) < 4.78 is 4.29. The second-order valence-corrected chi connectivity index (χ2v) is 3.92. The highest BCUT2D eigenvalue weighted by atomic mass is 17.5. The molecule has 17 heavy (non-hydrogen) atoms. The van der Waals surface area contributed by atoms with E-state index in [1.54, 1.807) is 13.8 Å². The van der Waals surface area contributed by atoms with Gasteiger partial charge in [0.1, 0.15) is 5.60 Å². The second kappa shape index (κ2) is 7.81. The number of methoxy groups -OCH3 is 1. The van der Waals surface area contributed by atoms with Crippen molar-refractivity contribution in [2.75, 3.05) is 7.11 Å². The summed E-state index contributed by atoms with van der Waals surface area (Å²) in [6, 6.07) is 0. The number of esters is 1. The molecule has 0 unspecified atom stereocenters. The van der Waals surface area contributed by atoms with Crippen molar-refractivity contribution >= 4 is 11.9 Å². The zero-order valence-electron chi connectivity index (χ0n) is 10.5. The van der Waals surface area contributed by atoms with E-state index in [-0.39, 0.29) is 0 Å². The van der Waals surface area contributed by atoms with Crippen LogP contribution >= 0.6 is 0 Å². The number of rotatable bonds is 7. The number of hydrogen-bond acceptors (Lipinski definition) is 6. The first-order chi connectivity index (χ1) is 7.91. The first-order valence-corrected chi connectivity index (χ1v) is 5.23. The predicted octanol–water partition coefficient (Wildman–Crippen LogP) is 1.70. The number of hydrogen-bond donors (Lipinski definition) is 0. The molecule has 0 aromatic rings. The van der Waals surface area contributed by atoms with E-state index in [1.165, 1.54) is 7.11 Å². The van der Waals surface area contributed by atoms with Gasteiger partial charge in [0.2, 0.25) is 0 Å². The third-order valence-corrected chi connectivity index (χ3v) is 1.78. The Bertz CT molecular complexity index is 282. The molecule has 98 valence electrons. The number of ether oxygens (including phenoxy) is 1. The lowest BCUT2D eigenvalue weighted by molar-refractivity contribution is -0.515. The maximum absolute atomic E-state index is 11.0. The summed E-state index contributed by atoms with van der Waals surface area (Å²) in [5.41, 5.74) is -0.541. The maximum Gasteiger partial charge on any atom is 0.369 e. The highest BCUT2D eigenvalue weighted by Crippen LogP contribution is 2.16. The van der Waals surface area contributed by atoms with Crippen molar-refractivity contribution in [1.29, 1.82) is 0 Å². The van der Waals surface area contributed by atoms with E-state index in [2.05, 4.69) is 14.7 Å². The third-order valence-electron chi connectivity index (χ3n) is 1.78. The average Bonchev–Trinajstić information content (AvgIpc) is 2.25. The minimum Gasteiger partial charge on any atom is -0.466 e. The Balaban J connectivity index is 3.86. The molecule has 0 spiro atoms. The smallest absolute Gasteiger partial charge is 0.369 e. The van der Waals surface area contributed by atoms with Crippen LogP contribution in [0.2, 0.25) is 0 Å². The molecule has 0 amide bonds. The van der Waals surface area contributed by atoms with Crippen molar-refractivity contribution in [2.45, 2.75) is 39.2 Å². The van der Waals surface area contributed by atoms with Gasteiger partial charge in [0.25, 0.3) is 0 Å². The van der Waals surface area contributed by atoms with Crippen LogP contribution in [0, 0.1) is 0 Å². The highest BCUT2D eigenvalue weighted by Gasteiger charge is 2.19. The molecule has 0 bridgehead atoms. The monoisotopic (exact) mass is 246 g/mol. The first-order valence-electron chi connectivity index (χ1n) is 5.23. The van der Waals surface area contributed by atoms with Crippen LogP contribution < -0.4 is 0 Å². The molecule has 0 aromatic carbocycles. The van der Waals surface area contributed by atoms with Crippen molar-refractivity contribution in [1.82, 2.24) is 0 Å². The van der Waals surface area contributed by atoms with Gasteiger partial charge in [-0.3, -0.25) is 4.89 Å². The molecule has 0 heterocycles. The molecule has 0 radical (unpaired) electrons. The molecule has 0 aliphatic rings. The van der Waals surface area contributed by atoms with E-state index in [0.29, 0.717) is 0 Å². The molecule has 0 fully saturated rings. The minimum absolute atomic E-state index is 0.541. The average molecular weight is 246 g/mol. The fraction of sp³-hybridized carbons (Fsp3) is 0.636. The summed E-state index contributed by atoms with van der Waals surface area (Å²) in [7, 11) is 1.20. The van der Waals surface area contributed by atoms with Gasteiger partial charge in [0, 0.05) is 12.2 Å². The molecule has 0 rings (SSSR count). The van der Waals surface area contributed by atoms with Gasteiger partial charge in [-0.05, 0) is 25.3 Å². The molecular weight excluding hydrogens is 228 g/mol. The van der Waals surface area contributed by atoms with Gasteiger partial charge in [-0.2, -0.15) is 4.89 Å². The van der Waals surface area contributed by atoms with Crippen molar-refractivity contribution in [3.05, 3.63) is 12.2 Å². The van der Waals surface area contributed by atoms with E-state index < -0.39 is 17.5 Å². The Morgan fingerprint density at radius 3 is 2.29 bits per heavy atom. The molecule has 0 aromatic heterocycles. The summed E-state index contributed by atoms with van der Waals surface area (Å²) >= 11 is 0. The van der Waals surface area contributed by atoms with Gasteiger partial charge < -0.3 is 4.74 Å². The standard InChI is InChI=1S/C11H18O6/c1-5-8-11(2,3)16-17-15-10(13)7-6-9(12)14-4/h6-7H,5,8H2,1-4H3. The second-order valence-electron chi connectivity index (χ2n) is 3.92. The molecule has 0 saturated carbocycles. The number of carbonyl (C=O) groups is 2. The van der Waals surface area contributed by atoms with E-state index in [0.717, 1.165) is 25.0 Å². The van der Waals surface area contributed by atoms with Crippen LogP contribution in [0.25, 0.3) is 0 Å². The first kappa shape index (κ1) is 15.6. The van der Waals surface area contributed by atoms with Crippen LogP contribution in [0.15, 0.2) is 12.2 Å². The molecule has 0 aliphatic carbocycles. The summed E-state index contributed by atoms with van der Waals surface area (Å²) in [4.78, 5) is 30.8. The topological polar surface area (TPSA) is 71.1 Å². The lowest BCUT2D eigenvalue weighted by atomic mass is 10.0. The molecular formula is C11H18O6. The largest absolute Gasteiger partial charge is 0.466 e. The van der Waals surface area contributed by atoms with E-state index in [4.69, 9.17) is 4.89 Å².